The molecule has 0 heterocycles. The highest BCUT2D eigenvalue weighted by molar-refractivity contribution is 5.42. The van der Waals surface area contributed by atoms with Gasteiger partial charge in [-0.05, 0) is 47.9 Å². The van der Waals surface area contributed by atoms with Crippen molar-refractivity contribution in [1.29, 1.82) is 5.26 Å². The van der Waals surface area contributed by atoms with Gasteiger partial charge in [-0.1, -0.05) is 19.9 Å². The van der Waals surface area contributed by atoms with Crippen LogP contribution in [0.1, 0.15) is 42.9 Å². The molecule has 1 heteroatoms. The van der Waals surface area contributed by atoms with Gasteiger partial charge in [0.05, 0.1) is 11.6 Å². The molecule has 1 nitrogen and oxygen atoms in total. The van der Waals surface area contributed by atoms with Crippen LogP contribution in [0.15, 0.2) is 18.2 Å². The SMILES string of the molecule is CC(C)C1CCc2ccc(C#N)cc21. The predicted octanol–water partition coefficient (Wildman–Crippen LogP) is 3.24. The molecule has 1 atom stereocenters. The zero-order valence-corrected chi connectivity index (χ0v) is 8.75. The first-order valence-electron chi connectivity index (χ1n) is 5.25. The third kappa shape index (κ3) is 1.42. The molecule has 0 spiro atoms. The van der Waals surface area contributed by atoms with E-state index in [1.54, 1.807) is 0 Å². The number of hydrogen-bond donors (Lipinski definition) is 0. The molecule has 72 valence electrons. The number of aryl methyl sites for hydroxylation is 1. The van der Waals surface area contributed by atoms with Gasteiger partial charge in [-0.2, -0.15) is 5.26 Å². The summed E-state index contributed by atoms with van der Waals surface area (Å²) in [5, 5.41) is 8.84. The second-order valence-corrected chi connectivity index (χ2v) is 4.41. The fraction of sp³-hybridized carbons (Fsp3) is 0.462. The summed E-state index contributed by atoms with van der Waals surface area (Å²) in [5.41, 5.74) is 3.66. The standard InChI is InChI=1S/C13H15N/c1-9(2)12-6-5-11-4-3-10(8-14)7-13(11)12/h3-4,7,9,12H,5-6H2,1-2H3. The predicted molar refractivity (Wildman–Crippen MR) is 57.1 cm³/mol. The number of nitrogens with zero attached hydrogens (tertiary/aromatic N) is 1. The number of hydrogen-bond acceptors (Lipinski definition) is 1. The molecule has 1 unspecified atom stereocenters. The van der Waals surface area contributed by atoms with Crippen LogP contribution >= 0.6 is 0 Å². The molecule has 0 fully saturated rings. The minimum absolute atomic E-state index is 0.665. The Morgan fingerprint density at radius 1 is 1.43 bits per heavy atom. The van der Waals surface area contributed by atoms with E-state index in [-0.39, 0.29) is 0 Å². The summed E-state index contributed by atoms with van der Waals surface area (Å²) >= 11 is 0. The summed E-state index contributed by atoms with van der Waals surface area (Å²) in [5.74, 6) is 1.35. The fourth-order valence-electron chi connectivity index (χ4n) is 2.40. The Labute approximate surface area is 85.4 Å². The maximum absolute atomic E-state index is 8.84. The van der Waals surface area contributed by atoms with Crippen LogP contribution in [0.4, 0.5) is 0 Å². The van der Waals surface area contributed by atoms with Crippen molar-refractivity contribution in [2.45, 2.75) is 32.6 Å². The Morgan fingerprint density at radius 2 is 2.21 bits per heavy atom. The number of nitriles is 1. The van der Waals surface area contributed by atoms with E-state index in [2.05, 4.69) is 32.0 Å². The van der Waals surface area contributed by atoms with Crippen LogP contribution in [0, 0.1) is 17.2 Å². The first-order valence-corrected chi connectivity index (χ1v) is 5.25. The van der Waals surface area contributed by atoms with E-state index in [0.717, 1.165) is 5.56 Å². The van der Waals surface area contributed by atoms with Crippen LogP contribution < -0.4 is 0 Å². The Kier molecular flexibility index (Phi) is 2.29. The van der Waals surface area contributed by atoms with Gasteiger partial charge in [0.15, 0.2) is 0 Å². The lowest BCUT2D eigenvalue weighted by Gasteiger charge is -2.15. The van der Waals surface area contributed by atoms with Gasteiger partial charge in [-0.3, -0.25) is 0 Å². The van der Waals surface area contributed by atoms with E-state index >= 15 is 0 Å². The van der Waals surface area contributed by atoms with Gasteiger partial charge in [0, 0.05) is 0 Å². The second kappa shape index (κ2) is 3.46. The summed E-state index contributed by atoms with van der Waals surface area (Å²) in [4.78, 5) is 0. The van der Waals surface area contributed by atoms with Crippen molar-refractivity contribution in [2.75, 3.05) is 0 Å². The van der Waals surface area contributed by atoms with Crippen molar-refractivity contribution in [2.24, 2.45) is 5.92 Å². The maximum Gasteiger partial charge on any atom is 0.0991 e. The summed E-state index contributed by atoms with van der Waals surface area (Å²) < 4.78 is 0. The highest BCUT2D eigenvalue weighted by atomic mass is 14.3. The van der Waals surface area contributed by atoms with Gasteiger partial charge in [0.25, 0.3) is 0 Å². The molecular formula is C13H15N. The van der Waals surface area contributed by atoms with E-state index in [0.29, 0.717) is 11.8 Å². The zero-order valence-electron chi connectivity index (χ0n) is 8.75. The lowest BCUT2D eigenvalue weighted by atomic mass is 9.89. The van der Waals surface area contributed by atoms with Gasteiger partial charge in [-0.25, -0.2) is 0 Å². The normalized spacial score (nSPS) is 19.4. The molecule has 0 saturated carbocycles. The Morgan fingerprint density at radius 3 is 2.86 bits per heavy atom. The lowest BCUT2D eigenvalue weighted by molar-refractivity contribution is 0.496. The minimum Gasteiger partial charge on any atom is -0.192 e. The molecular weight excluding hydrogens is 170 g/mol. The average molecular weight is 185 g/mol. The molecule has 0 bridgehead atoms. The topological polar surface area (TPSA) is 23.8 Å². The van der Waals surface area contributed by atoms with Gasteiger partial charge in [-0.15, -0.1) is 0 Å². The number of fused-ring (bicyclic) bond motifs is 1. The molecule has 1 aliphatic carbocycles. The van der Waals surface area contributed by atoms with Crippen molar-refractivity contribution in [1.82, 2.24) is 0 Å². The van der Waals surface area contributed by atoms with E-state index in [4.69, 9.17) is 5.26 Å². The minimum atomic E-state index is 0.665. The summed E-state index contributed by atoms with van der Waals surface area (Å²) in [6.07, 6.45) is 2.44. The Bertz CT molecular complexity index is 385. The largest absolute Gasteiger partial charge is 0.192 e. The Balaban J connectivity index is 2.43. The van der Waals surface area contributed by atoms with Crippen LogP contribution in [-0.4, -0.2) is 0 Å². The second-order valence-electron chi connectivity index (χ2n) is 4.41. The highest BCUT2D eigenvalue weighted by Crippen LogP contribution is 2.38. The van der Waals surface area contributed by atoms with Crippen LogP contribution in [0.3, 0.4) is 0 Å². The molecule has 0 N–H and O–H groups in total. The molecule has 0 saturated heterocycles. The monoisotopic (exact) mass is 185 g/mol. The fourth-order valence-corrected chi connectivity index (χ4v) is 2.40. The van der Waals surface area contributed by atoms with Crippen LogP contribution in [0.25, 0.3) is 0 Å². The average Bonchev–Trinajstić information content (AvgIpc) is 2.59. The third-order valence-corrected chi connectivity index (χ3v) is 3.20. The molecule has 1 aromatic carbocycles. The first kappa shape index (κ1) is 9.27. The molecule has 1 aromatic rings. The molecule has 0 amide bonds. The maximum atomic E-state index is 8.84. The van der Waals surface area contributed by atoms with Crippen LogP contribution in [0.5, 0.6) is 0 Å². The molecule has 2 rings (SSSR count). The summed E-state index contributed by atoms with van der Waals surface area (Å²) in [7, 11) is 0. The van der Waals surface area contributed by atoms with Crippen molar-refractivity contribution >= 4 is 0 Å². The molecule has 0 aromatic heterocycles. The zero-order chi connectivity index (χ0) is 10.1. The number of benzene rings is 1. The van der Waals surface area contributed by atoms with Gasteiger partial charge < -0.3 is 0 Å². The van der Waals surface area contributed by atoms with Crippen molar-refractivity contribution in [3.8, 4) is 6.07 Å². The van der Waals surface area contributed by atoms with E-state index < -0.39 is 0 Å². The summed E-state index contributed by atoms with van der Waals surface area (Å²) in [6, 6.07) is 8.35. The first-order chi connectivity index (χ1) is 6.72. The molecule has 0 aliphatic heterocycles. The van der Waals surface area contributed by atoms with Gasteiger partial charge >= 0.3 is 0 Å². The smallest absolute Gasteiger partial charge is 0.0991 e. The molecule has 14 heavy (non-hydrogen) atoms. The third-order valence-electron chi connectivity index (χ3n) is 3.20. The van der Waals surface area contributed by atoms with Crippen molar-refractivity contribution < 1.29 is 0 Å². The summed E-state index contributed by atoms with van der Waals surface area (Å²) in [6.45, 7) is 4.53. The van der Waals surface area contributed by atoms with Gasteiger partial charge in [0.1, 0.15) is 0 Å². The highest BCUT2D eigenvalue weighted by Gasteiger charge is 2.24. The Hall–Kier alpha value is -1.29. The quantitative estimate of drug-likeness (QED) is 0.659. The van der Waals surface area contributed by atoms with Gasteiger partial charge in [0.2, 0.25) is 0 Å². The van der Waals surface area contributed by atoms with Crippen LogP contribution in [-0.2, 0) is 6.42 Å². The number of rotatable bonds is 1. The van der Waals surface area contributed by atoms with Crippen molar-refractivity contribution in [3.05, 3.63) is 34.9 Å². The van der Waals surface area contributed by atoms with E-state index in [1.165, 1.54) is 24.0 Å². The van der Waals surface area contributed by atoms with E-state index in [9.17, 15) is 0 Å². The lowest BCUT2D eigenvalue weighted by Crippen LogP contribution is -2.02. The molecule has 0 radical (unpaired) electrons. The van der Waals surface area contributed by atoms with E-state index in [1.807, 2.05) is 6.07 Å². The van der Waals surface area contributed by atoms with Crippen molar-refractivity contribution in [3.63, 3.8) is 0 Å². The molecule has 1 aliphatic rings. The van der Waals surface area contributed by atoms with Crippen LogP contribution in [0.2, 0.25) is 0 Å².